The average molecular weight is 315 g/mol. The Kier molecular flexibility index (Phi) is 2.72. The van der Waals surface area contributed by atoms with Gasteiger partial charge in [0.25, 0.3) is 0 Å². The first-order valence-electron chi connectivity index (χ1n) is 3.97. The maximum atomic E-state index is 9.17. The van der Waals surface area contributed by atoms with Crippen molar-refractivity contribution in [2.45, 2.75) is 6.61 Å². The molecule has 0 aliphatic heterocycles. The third-order valence-electron chi connectivity index (χ3n) is 2.08. The second-order valence-electron chi connectivity index (χ2n) is 2.82. The molecule has 0 saturated heterocycles. The Labute approximate surface area is 98.9 Å². The summed E-state index contributed by atoms with van der Waals surface area (Å²) < 4.78 is 2.09. The lowest BCUT2D eigenvalue weighted by molar-refractivity contribution is 0.281. The van der Waals surface area contributed by atoms with E-state index >= 15 is 0 Å². The van der Waals surface area contributed by atoms with E-state index in [0.717, 1.165) is 19.2 Å². The van der Waals surface area contributed by atoms with Crippen LogP contribution in [0.15, 0.2) is 17.5 Å². The fourth-order valence-electron chi connectivity index (χ4n) is 1.37. The molecule has 4 heteroatoms. The maximum Gasteiger partial charge on any atom is 0.0996 e. The number of aliphatic hydroxyl groups is 1. The normalized spacial score (nSPS) is 10.4. The summed E-state index contributed by atoms with van der Waals surface area (Å²) in [5.41, 5.74) is 1.31. The number of halogens is 1. The molecular weight excluding hydrogens is 309 g/mol. The molecule has 70 valence electrons. The summed E-state index contributed by atoms with van der Waals surface area (Å²) >= 11 is 3.79. The van der Waals surface area contributed by atoms with E-state index in [1.807, 2.05) is 17.5 Å². The summed E-state index contributed by atoms with van der Waals surface area (Å²) in [6, 6.07) is 5.97. The molecule has 14 heavy (non-hydrogen) atoms. The number of fused-ring (bicyclic) bond motifs is 1. The zero-order chi connectivity index (χ0) is 10.1. The molecule has 2 nitrogen and oxygen atoms in total. The van der Waals surface area contributed by atoms with Crippen molar-refractivity contribution in [1.82, 2.24) is 0 Å². The molecule has 2 rings (SSSR count). The van der Waals surface area contributed by atoms with E-state index in [0.29, 0.717) is 5.56 Å². The summed E-state index contributed by atoms with van der Waals surface area (Å²) in [7, 11) is 0. The van der Waals surface area contributed by atoms with E-state index in [9.17, 15) is 5.11 Å². The van der Waals surface area contributed by atoms with Gasteiger partial charge in [-0.1, -0.05) is 0 Å². The van der Waals surface area contributed by atoms with E-state index in [2.05, 4.69) is 28.7 Å². The Balaban J connectivity index is 2.87. The van der Waals surface area contributed by atoms with Gasteiger partial charge < -0.3 is 5.11 Å². The highest BCUT2D eigenvalue weighted by Gasteiger charge is 2.10. The number of nitriles is 1. The molecular formula is C10H6INOS. The molecule has 1 N–H and O–H groups in total. The third-order valence-corrected chi connectivity index (χ3v) is 4.17. The molecule has 0 unspecified atom stereocenters. The van der Waals surface area contributed by atoms with Gasteiger partial charge in [0, 0.05) is 19.2 Å². The van der Waals surface area contributed by atoms with Crippen LogP contribution < -0.4 is 0 Å². The minimum absolute atomic E-state index is 0.0764. The topological polar surface area (TPSA) is 44.0 Å². The molecule has 0 fully saturated rings. The molecule has 0 aliphatic carbocycles. The smallest absolute Gasteiger partial charge is 0.0996 e. The van der Waals surface area contributed by atoms with Crippen LogP contribution in [0, 0.1) is 14.9 Å². The highest BCUT2D eigenvalue weighted by molar-refractivity contribution is 14.1. The SMILES string of the molecule is N#Cc1cc2sccc2c(I)c1CO. The number of benzene rings is 1. The van der Waals surface area contributed by atoms with Gasteiger partial charge in [0.05, 0.1) is 18.2 Å². The van der Waals surface area contributed by atoms with Gasteiger partial charge in [0.2, 0.25) is 0 Å². The minimum Gasteiger partial charge on any atom is -0.392 e. The van der Waals surface area contributed by atoms with Crippen molar-refractivity contribution in [3.05, 3.63) is 32.2 Å². The highest BCUT2D eigenvalue weighted by Crippen LogP contribution is 2.30. The number of rotatable bonds is 1. The van der Waals surface area contributed by atoms with Crippen LogP contribution in [0.1, 0.15) is 11.1 Å². The number of thiophene rings is 1. The molecule has 0 spiro atoms. The van der Waals surface area contributed by atoms with Crippen molar-refractivity contribution in [3.8, 4) is 6.07 Å². The molecule has 1 aromatic carbocycles. The van der Waals surface area contributed by atoms with Crippen LogP contribution in [0.2, 0.25) is 0 Å². The van der Waals surface area contributed by atoms with Gasteiger partial charge in [-0.05, 0) is 40.1 Å². The van der Waals surface area contributed by atoms with Crippen molar-refractivity contribution in [3.63, 3.8) is 0 Å². The predicted molar refractivity (Wildman–Crippen MR) is 65.2 cm³/mol. The van der Waals surface area contributed by atoms with Crippen molar-refractivity contribution >= 4 is 44.0 Å². The summed E-state index contributed by atoms with van der Waals surface area (Å²) in [5, 5.41) is 21.2. The lowest BCUT2D eigenvalue weighted by Gasteiger charge is -2.04. The standard InChI is InChI=1S/C10H6INOS/c11-10-7-1-2-14-9(7)3-6(4-12)8(10)5-13/h1-3,13H,5H2. The first-order valence-corrected chi connectivity index (χ1v) is 5.93. The number of hydrogen-bond acceptors (Lipinski definition) is 3. The summed E-state index contributed by atoms with van der Waals surface area (Å²) in [6.45, 7) is -0.0764. The third kappa shape index (κ3) is 1.41. The van der Waals surface area contributed by atoms with E-state index in [-0.39, 0.29) is 6.61 Å². The monoisotopic (exact) mass is 315 g/mol. The van der Waals surface area contributed by atoms with Crippen LogP contribution >= 0.6 is 33.9 Å². The predicted octanol–water partition coefficient (Wildman–Crippen LogP) is 2.87. The lowest BCUT2D eigenvalue weighted by atomic mass is 10.1. The molecule has 0 saturated carbocycles. The van der Waals surface area contributed by atoms with Gasteiger partial charge in [0.15, 0.2) is 0 Å². The zero-order valence-corrected chi connectivity index (χ0v) is 10.1. The van der Waals surface area contributed by atoms with Gasteiger partial charge in [-0.2, -0.15) is 5.26 Å². The van der Waals surface area contributed by atoms with Gasteiger partial charge >= 0.3 is 0 Å². The summed E-state index contributed by atoms with van der Waals surface area (Å²) in [6.07, 6.45) is 0. The van der Waals surface area contributed by atoms with Crippen LogP contribution in [-0.2, 0) is 6.61 Å². The Morgan fingerprint density at radius 3 is 3.00 bits per heavy atom. The maximum absolute atomic E-state index is 9.17. The quantitative estimate of drug-likeness (QED) is 0.823. The molecule has 2 aromatic rings. The van der Waals surface area contributed by atoms with Crippen molar-refractivity contribution in [1.29, 1.82) is 5.26 Å². The highest BCUT2D eigenvalue weighted by atomic mass is 127. The van der Waals surface area contributed by atoms with Crippen LogP contribution in [0.5, 0.6) is 0 Å². The van der Waals surface area contributed by atoms with Crippen LogP contribution in [0.25, 0.3) is 10.1 Å². The number of hydrogen-bond donors (Lipinski definition) is 1. The molecule has 0 aliphatic rings. The first-order chi connectivity index (χ1) is 6.77. The van der Waals surface area contributed by atoms with Gasteiger partial charge in [0.1, 0.15) is 0 Å². The summed E-state index contributed by atoms with van der Waals surface area (Å²) in [5.74, 6) is 0. The molecule has 1 heterocycles. The van der Waals surface area contributed by atoms with Gasteiger partial charge in [-0.25, -0.2) is 0 Å². The summed E-state index contributed by atoms with van der Waals surface area (Å²) in [4.78, 5) is 0. The van der Waals surface area contributed by atoms with E-state index < -0.39 is 0 Å². The Morgan fingerprint density at radius 2 is 2.36 bits per heavy atom. The van der Waals surface area contributed by atoms with Crippen molar-refractivity contribution in [2.24, 2.45) is 0 Å². The minimum atomic E-state index is -0.0764. The van der Waals surface area contributed by atoms with Crippen LogP contribution in [-0.4, -0.2) is 5.11 Å². The van der Waals surface area contributed by atoms with E-state index in [4.69, 9.17) is 5.26 Å². The van der Waals surface area contributed by atoms with E-state index in [1.165, 1.54) is 0 Å². The van der Waals surface area contributed by atoms with Gasteiger partial charge in [-0.15, -0.1) is 11.3 Å². The first kappa shape index (κ1) is 9.90. The Hall–Kier alpha value is -0.640. The molecule has 1 aromatic heterocycles. The van der Waals surface area contributed by atoms with Gasteiger partial charge in [-0.3, -0.25) is 0 Å². The van der Waals surface area contributed by atoms with Crippen molar-refractivity contribution in [2.75, 3.05) is 0 Å². The van der Waals surface area contributed by atoms with Crippen LogP contribution in [0.4, 0.5) is 0 Å². The zero-order valence-electron chi connectivity index (χ0n) is 7.12. The van der Waals surface area contributed by atoms with Crippen LogP contribution in [0.3, 0.4) is 0 Å². The Bertz CT molecular complexity index is 527. The second kappa shape index (κ2) is 3.85. The lowest BCUT2D eigenvalue weighted by Crippen LogP contribution is -1.93. The average Bonchev–Trinajstić information content (AvgIpc) is 2.65. The fourth-order valence-corrected chi connectivity index (χ4v) is 3.32. The van der Waals surface area contributed by atoms with Crippen molar-refractivity contribution < 1.29 is 5.11 Å². The number of aliphatic hydroxyl groups excluding tert-OH is 1. The molecule has 0 radical (unpaired) electrons. The fraction of sp³-hybridized carbons (Fsp3) is 0.100. The van der Waals surface area contributed by atoms with E-state index in [1.54, 1.807) is 11.3 Å². The number of nitrogens with zero attached hydrogens (tertiary/aromatic N) is 1. The molecule has 0 atom stereocenters. The Morgan fingerprint density at radius 1 is 1.57 bits per heavy atom. The molecule has 0 amide bonds. The second-order valence-corrected chi connectivity index (χ2v) is 4.85. The largest absolute Gasteiger partial charge is 0.392 e. The molecule has 0 bridgehead atoms.